The molecule has 0 unspecified atom stereocenters. The minimum Gasteiger partial charge on any atom is -0.465 e. The van der Waals surface area contributed by atoms with Gasteiger partial charge < -0.3 is 10.4 Å². The van der Waals surface area contributed by atoms with E-state index in [9.17, 15) is 22.8 Å². The number of carbonyl (C=O) groups excluding carboxylic acids is 1. The van der Waals surface area contributed by atoms with Gasteiger partial charge in [0.25, 0.3) is 5.91 Å². The number of hydrogen-bond donors (Lipinski definition) is 3. The lowest BCUT2D eigenvalue weighted by molar-refractivity contribution is -0.143. The molecule has 0 aromatic carbocycles. The number of carbonyl (C=O) groups is 2. The second-order valence-corrected chi connectivity index (χ2v) is 7.38. The average molecular weight is 528 g/mol. The van der Waals surface area contributed by atoms with Gasteiger partial charge in [0.15, 0.2) is 11.5 Å². The average Bonchev–Trinajstić information content (AvgIpc) is 3.45. The number of aromatic nitrogens is 7. The first kappa shape index (κ1) is 23.9. The summed E-state index contributed by atoms with van der Waals surface area (Å²) in [5, 5.41) is 24.1. The number of nitrogens with one attached hydrogen (secondary N) is 2. The minimum absolute atomic E-state index is 0.00771. The SMILES string of the molecule is O=C(O)Nc1cc(-n2ncc(C(=O)Nc3cnc(-n4nccn4)c(Cl)c3)c2C(F)(F)F)c(Cl)cn1. The summed E-state index contributed by atoms with van der Waals surface area (Å²) in [5.41, 5.74) is -2.67. The van der Waals surface area contributed by atoms with Crippen LogP contribution in [0.3, 0.4) is 0 Å². The first-order chi connectivity index (χ1) is 16.5. The molecule has 0 aliphatic rings. The van der Waals surface area contributed by atoms with E-state index in [4.69, 9.17) is 28.3 Å². The maximum Gasteiger partial charge on any atom is 0.434 e. The Labute approximate surface area is 202 Å². The van der Waals surface area contributed by atoms with Crippen LogP contribution in [-0.4, -0.2) is 51.8 Å². The minimum atomic E-state index is -5.05. The van der Waals surface area contributed by atoms with E-state index in [2.05, 4.69) is 30.6 Å². The summed E-state index contributed by atoms with van der Waals surface area (Å²) in [6.45, 7) is 0. The van der Waals surface area contributed by atoms with Gasteiger partial charge in [-0.25, -0.2) is 19.4 Å². The highest BCUT2D eigenvalue weighted by atomic mass is 35.5. The molecule has 4 rings (SSSR count). The lowest BCUT2D eigenvalue weighted by atomic mass is 10.2. The lowest BCUT2D eigenvalue weighted by Crippen LogP contribution is -2.21. The Balaban J connectivity index is 1.69. The van der Waals surface area contributed by atoms with Crippen LogP contribution in [0.2, 0.25) is 10.0 Å². The van der Waals surface area contributed by atoms with Gasteiger partial charge in [0.2, 0.25) is 0 Å². The second-order valence-electron chi connectivity index (χ2n) is 6.57. The summed E-state index contributed by atoms with van der Waals surface area (Å²) >= 11 is 12.1. The summed E-state index contributed by atoms with van der Waals surface area (Å²) in [6, 6.07) is 2.19. The van der Waals surface area contributed by atoms with Crippen molar-refractivity contribution in [3.8, 4) is 11.5 Å². The van der Waals surface area contributed by atoms with Crippen LogP contribution < -0.4 is 10.6 Å². The van der Waals surface area contributed by atoms with Crippen LogP contribution in [0.1, 0.15) is 16.1 Å². The molecule has 0 saturated carbocycles. The zero-order valence-corrected chi connectivity index (χ0v) is 18.3. The predicted octanol–water partition coefficient (Wildman–Crippen LogP) is 3.91. The van der Waals surface area contributed by atoms with Gasteiger partial charge in [-0.1, -0.05) is 23.2 Å². The fraction of sp³-hybridized carbons (Fsp3) is 0.0556. The van der Waals surface area contributed by atoms with Crippen LogP contribution in [0.25, 0.3) is 11.5 Å². The Bertz CT molecular complexity index is 1420. The van der Waals surface area contributed by atoms with E-state index in [1.54, 1.807) is 0 Å². The maximum absolute atomic E-state index is 14.0. The van der Waals surface area contributed by atoms with Gasteiger partial charge in [-0.3, -0.25) is 10.1 Å². The highest BCUT2D eigenvalue weighted by molar-refractivity contribution is 6.32. The number of pyridine rings is 2. The molecule has 4 aromatic rings. The van der Waals surface area contributed by atoms with Crippen molar-refractivity contribution < 1.29 is 27.9 Å². The van der Waals surface area contributed by atoms with Gasteiger partial charge in [-0.15, -0.1) is 4.80 Å². The topological polar surface area (TPSA) is 153 Å². The molecule has 4 heterocycles. The number of anilines is 2. The molecule has 35 heavy (non-hydrogen) atoms. The predicted molar refractivity (Wildman–Crippen MR) is 115 cm³/mol. The van der Waals surface area contributed by atoms with Crippen LogP contribution >= 0.6 is 23.2 Å². The zero-order chi connectivity index (χ0) is 25.3. The third kappa shape index (κ3) is 4.99. The van der Waals surface area contributed by atoms with E-state index in [0.29, 0.717) is 10.9 Å². The van der Waals surface area contributed by atoms with Crippen molar-refractivity contribution in [3.63, 3.8) is 0 Å². The van der Waals surface area contributed by atoms with Crippen LogP contribution in [-0.2, 0) is 6.18 Å². The van der Waals surface area contributed by atoms with E-state index in [1.807, 2.05) is 5.32 Å². The monoisotopic (exact) mass is 527 g/mol. The Morgan fingerprint density at radius 1 is 0.943 bits per heavy atom. The molecule has 180 valence electrons. The summed E-state index contributed by atoms with van der Waals surface area (Å²) in [6.07, 6.45) is -0.988. The van der Waals surface area contributed by atoms with Crippen molar-refractivity contribution in [1.29, 1.82) is 0 Å². The van der Waals surface area contributed by atoms with Crippen molar-refractivity contribution >= 4 is 46.7 Å². The maximum atomic E-state index is 14.0. The molecule has 0 radical (unpaired) electrons. The van der Waals surface area contributed by atoms with Gasteiger partial charge in [0, 0.05) is 6.07 Å². The molecule has 0 atom stereocenters. The number of halogens is 5. The molecular weight excluding hydrogens is 518 g/mol. The molecular formula is C18H10Cl2F3N9O3. The summed E-state index contributed by atoms with van der Waals surface area (Å²) in [5.74, 6) is -1.34. The standard InChI is InChI=1S/C18H10Cl2F3N9O3/c19-10-3-8(5-25-15(10)32-26-1-2-27-32)29-16(33)9-6-28-31(14(9)18(21,22)23)12-4-13(30-17(34)35)24-7-11(12)20/h1-7H,(H,24,30)(H,29,33)(H,34,35). The number of alkyl halides is 3. The Hall–Kier alpha value is -4.24. The molecule has 12 nitrogen and oxygen atoms in total. The van der Waals surface area contributed by atoms with Gasteiger partial charge in [-0.05, 0) is 6.07 Å². The second kappa shape index (κ2) is 9.19. The van der Waals surface area contributed by atoms with Crippen molar-refractivity contribution in [2.45, 2.75) is 6.18 Å². The van der Waals surface area contributed by atoms with Crippen molar-refractivity contribution in [1.82, 2.24) is 34.7 Å². The van der Waals surface area contributed by atoms with Gasteiger partial charge in [0.05, 0.1) is 58.0 Å². The summed E-state index contributed by atoms with van der Waals surface area (Å²) in [7, 11) is 0. The summed E-state index contributed by atoms with van der Waals surface area (Å²) < 4.78 is 42.3. The normalized spacial score (nSPS) is 11.3. The Morgan fingerprint density at radius 3 is 2.29 bits per heavy atom. The highest BCUT2D eigenvalue weighted by Gasteiger charge is 2.41. The molecule has 0 spiro atoms. The number of amides is 2. The molecule has 0 aliphatic carbocycles. The molecule has 0 aliphatic heterocycles. The first-order valence-corrected chi connectivity index (χ1v) is 9.95. The highest BCUT2D eigenvalue weighted by Crippen LogP contribution is 2.36. The Morgan fingerprint density at radius 2 is 1.66 bits per heavy atom. The zero-order valence-electron chi connectivity index (χ0n) is 16.8. The van der Waals surface area contributed by atoms with E-state index < -0.39 is 29.4 Å². The van der Waals surface area contributed by atoms with E-state index in [-0.39, 0.29) is 33.1 Å². The Kier molecular flexibility index (Phi) is 6.27. The van der Waals surface area contributed by atoms with Gasteiger partial charge >= 0.3 is 12.3 Å². The number of nitrogens with zero attached hydrogens (tertiary/aromatic N) is 7. The number of carboxylic acid groups (broad SMARTS) is 1. The van der Waals surface area contributed by atoms with E-state index in [1.165, 1.54) is 18.5 Å². The molecule has 0 saturated heterocycles. The van der Waals surface area contributed by atoms with Gasteiger partial charge in [0.1, 0.15) is 5.82 Å². The lowest BCUT2D eigenvalue weighted by Gasteiger charge is -2.14. The van der Waals surface area contributed by atoms with Crippen molar-refractivity contribution in [2.24, 2.45) is 0 Å². The smallest absolute Gasteiger partial charge is 0.434 e. The van der Waals surface area contributed by atoms with Crippen LogP contribution in [0.15, 0.2) is 43.1 Å². The third-order valence-corrected chi connectivity index (χ3v) is 4.84. The number of hydrogen-bond acceptors (Lipinski definition) is 7. The number of rotatable bonds is 5. The quantitative estimate of drug-likeness (QED) is 0.353. The van der Waals surface area contributed by atoms with Crippen LogP contribution in [0, 0.1) is 0 Å². The molecule has 0 bridgehead atoms. The molecule has 0 fully saturated rings. The molecule has 17 heteroatoms. The van der Waals surface area contributed by atoms with Crippen LogP contribution in [0.4, 0.5) is 29.5 Å². The molecule has 2 amide bonds. The van der Waals surface area contributed by atoms with Crippen molar-refractivity contribution in [3.05, 3.63) is 64.4 Å². The third-order valence-electron chi connectivity index (χ3n) is 4.27. The molecule has 3 N–H and O–H groups in total. The summed E-state index contributed by atoms with van der Waals surface area (Å²) in [4.78, 5) is 32.4. The van der Waals surface area contributed by atoms with E-state index >= 15 is 0 Å². The fourth-order valence-electron chi connectivity index (χ4n) is 2.91. The largest absolute Gasteiger partial charge is 0.465 e. The first-order valence-electron chi connectivity index (χ1n) is 9.19. The van der Waals surface area contributed by atoms with Crippen LogP contribution in [0.5, 0.6) is 0 Å². The van der Waals surface area contributed by atoms with Gasteiger partial charge in [-0.2, -0.15) is 28.5 Å². The molecule has 4 aromatic heterocycles. The van der Waals surface area contributed by atoms with Crippen molar-refractivity contribution in [2.75, 3.05) is 10.6 Å². The fourth-order valence-corrected chi connectivity index (χ4v) is 3.33. The van der Waals surface area contributed by atoms with E-state index in [0.717, 1.165) is 23.3 Å².